The van der Waals surface area contributed by atoms with E-state index in [2.05, 4.69) is 5.32 Å². The van der Waals surface area contributed by atoms with Gasteiger partial charge in [-0.15, -0.1) is 11.8 Å². The van der Waals surface area contributed by atoms with Crippen molar-refractivity contribution in [2.75, 3.05) is 5.75 Å². The Balaban J connectivity index is 2.13. The first-order valence-electron chi connectivity index (χ1n) is 9.84. The molecule has 0 fully saturated rings. The number of hydrogen-bond acceptors (Lipinski definition) is 3. The molecule has 1 atom stereocenters. The molecular weight excluding hydrogens is 458 g/mol. The van der Waals surface area contributed by atoms with Crippen LogP contribution in [0.5, 0.6) is 0 Å². The van der Waals surface area contributed by atoms with Crippen molar-refractivity contribution < 1.29 is 14.0 Å². The molecule has 0 aliphatic rings. The van der Waals surface area contributed by atoms with Crippen LogP contribution in [-0.2, 0) is 21.9 Å². The van der Waals surface area contributed by atoms with E-state index in [-0.39, 0.29) is 29.9 Å². The fourth-order valence-corrected chi connectivity index (χ4v) is 4.15. The van der Waals surface area contributed by atoms with Crippen molar-refractivity contribution in [2.45, 2.75) is 51.6 Å². The van der Waals surface area contributed by atoms with Gasteiger partial charge in [-0.05, 0) is 63.1 Å². The lowest BCUT2D eigenvalue weighted by Crippen LogP contribution is -2.52. The van der Waals surface area contributed by atoms with Gasteiger partial charge in [0.05, 0.1) is 5.75 Å². The number of thioether (sulfide) groups is 1. The zero-order chi connectivity index (χ0) is 23.2. The second-order valence-electron chi connectivity index (χ2n) is 8.29. The van der Waals surface area contributed by atoms with Crippen molar-refractivity contribution in [1.29, 1.82) is 0 Å². The molecule has 2 aromatic carbocycles. The quantitative estimate of drug-likeness (QED) is 0.522. The van der Waals surface area contributed by atoms with E-state index in [1.54, 1.807) is 37.3 Å². The van der Waals surface area contributed by atoms with Crippen LogP contribution in [0.25, 0.3) is 0 Å². The molecule has 0 unspecified atom stereocenters. The Morgan fingerprint density at radius 2 is 1.77 bits per heavy atom. The predicted octanol–water partition coefficient (Wildman–Crippen LogP) is 5.70. The normalized spacial score (nSPS) is 12.4. The average molecular weight is 485 g/mol. The smallest absolute Gasteiger partial charge is 0.242 e. The van der Waals surface area contributed by atoms with Gasteiger partial charge in [-0.25, -0.2) is 4.39 Å². The second-order valence-corrected chi connectivity index (χ2v) is 10.1. The highest BCUT2D eigenvalue weighted by molar-refractivity contribution is 7.99. The zero-order valence-corrected chi connectivity index (χ0v) is 20.4. The molecule has 0 radical (unpaired) electrons. The summed E-state index contributed by atoms with van der Waals surface area (Å²) in [4.78, 5) is 27.4. The van der Waals surface area contributed by atoms with E-state index in [0.29, 0.717) is 21.4 Å². The number of carbonyl (C=O) groups excluding carboxylic acids is 2. The molecule has 0 aliphatic carbocycles. The lowest BCUT2D eigenvalue weighted by molar-refractivity contribution is -0.139. The van der Waals surface area contributed by atoms with Gasteiger partial charge in [-0.3, -0.25) is 9.59 Å². The molecule has 0 aromatic heterocycles. The highest BCUT2D eigenvalue weighted by atomic mass is 35.5. The molecule has 0 saturated carbocycles. The average Bonchev–Trinajstić information content (AvgIpc) is 2.67. The molecule has 2 amide bonds. The van der Waals surface area contributed by atoms with Gasteiger partial charge in [-0.1, -0.05) is 41.4 Å². The summed E-state index contributed by atoms with van der Waals surface area (Å²) in [6, 6.07) is 10.6. The summed E-state index contributed by atoms with van der Waals surface area (Å²) < 4.78 is 13.1. The molecule has 0 aliphatic heterocycles. The topological polar surface area (TPSA) is 49.4 Å². The summed E-state index contributed by atoms with van der Waals surface area (Å²) in [7, 11) is 0. The monoisotopic (exact) mass is 484 g/mol. The van der Waals surface area contributed by atoms with Gasteiger partial charge in [0, 0.05) is 27.9 Å². The van der Waals surface area contributed by atoms with E-state index in [1.165, 1.54) is 28.8 Å². The second kappa shape index (κ2) is 11.2. The SMILES string of the molecule is C[C@@H](C(=O)NC(C)(C)C)N(Cc1ccc(Cl)cc1Cl)C(=O)CSCc1ccc(F)cc1. The van der Waals surface area contributed by atoms with E-state index in [4.69, 9.17) is 23.2 Å². The number of nitrogens with zero attached hydrogens (tertiary/aromatic N) is 1. The molecule has 0 spiro atoms. The van der Waals surface area contributed by atoms with Crippen LogP contribution in [0, 0.1) is 5.82 Å². The number of rotatable bonds is 8. The maximum Gasteiger partial charge on any atom is 0.242 e. The fourth-order valence-electron chi connectivity index (χ4n) is 2.81. The minimum atomic E-state index is -0.690. The molecule has 0 saturated heterocycles. The third-order valence-corrected chi connectivity index (χ3v) is 6.00. The zero-order valence-electron chi connectivity index (χ0n) is 18.0. The van der Waals surface area contributed by atoms with E-state index in [1.807, 2.05) is 20.8 Å². The standard InChI is InChI=1S/C23H27Cl2FN2O2S/c1-15(22(30)27-23(2,3)4)28(12-17-7-8-18(24)11-20(17)25)21(29)14-31-13-16-5-9-19(26)10-6-16/h5-11,15H,12-14H2,1-4H3,(H,27,30)/t15-/m0/s1. The van der Waals surface area contributed by atoms with Gasteiger partial charge in [-0.2, -0.15) is 0 Å². The lowest BCUT2D eigenvalue weighted by Gasteiger charge is -2.31. The molecule has 0 bridgehead atoms. The van der Waals surface area contributed by atoms with E-state index < -0.39 is 11.6 Å². The van der Waals surface area contributed by atoms with Crippen LogP contribution < -0.4 is 5.32 Å². The predicted molar refractivity (Wildman–Crippen MR) is 127 cm³/mol. The van der Waals surface area contributed by atoms with Gasteiger partial charge in [0.15, 0.2) is 0 Å². The van der Waals surface area contributed by atoms with Crippen LogP contribution in [-0.4, -0.2) is 34.0 Å². The van der Waals surface area contributed by atoms with Crippen LogP contribution >= 0.6 is 35.0 Å². The third-order valence-electron chi connectivity index (χ3n) is 4.43. The Bertz CT molecular complexity index is 917. The van der Waals surface area contributed by atoms with Crippen molar-refractivity contribution in [3.8, 4) is 0 Å². The van der Waals surface area contributed by atoms with Gasteiger partial charge in [0.25, 0.3) is 0 Å². The van der Waals surface area contributed by atoms with Gasteiger partial charge in [0.2, 0.25) is 11.8 Å². The summed E-state index contributed by atoms with van der Waals surface area (Å²) in [5.74, 6) is 0.0125. The van der Waals surface area contributed by atoms with Gasteiger partial charge >= 0.3 is 0 Å². The van der Waals surface area contributed by atoms with Crippen molar-refractivity contribution in [3.05, 3.63) is 69.5 Å². The van der Waals surface area contributed by atoms with E-state index in [9.17, 15) is 14.0 Å². The first-order valence-corrected chi connectivity index (χ1v) is 11.7. The third kappa shape index (κ3) is 8.36. The number of hydrogen-bond donors (Lipinski definition) is 1. The van der Waals surface area contributed by atoms with Crippen LogP contribution in [0.3, 0.4) is 0 Å². The molecule has 168 valence electrons. The molecule has 2 aromatic rings. The van der Waals surface area contributed by atoms with Gasteiger partial charge < -0.3 is 10.2 Å². The number of benzene rings is 2. The summed E-state index contributed by atoms with van der Waals surface area (Å²) in [5, 5.41) is 3.86. The number of carbonyl (C=O) groups is 2. The highest BCUT2D eigenvalue weighted by Crippen LogP contribution is 2.24. The maximum absolute atomic E-state index is 13.1. The van der Waals surface area contributed by atoms with Crippen LogP contribution in [0.1, 0.15) is 38.8 Å². The number of nitrogens with one attached hydrogen (secondary N) is 1. The van der Waals surface area contributed by atoms with E-state index in [0.717, 1.165) is 5.56 Å². The molecule has 8 heteroatoms. The molecule has 0 heterocycles. The Kier molecular flexibility index (Phi) is 9.22. The lowest BCUT2D eigenvalue weighted by atomic mass is 10.1. The van der Waals surface area contributed by atoms with Crippen LogP contribution in [0.15, 0.2) is 42.5 Å². The van der Waals surface area contributed by atoms with Crippen molar-refractivity contribution in [2.24, 2.45) is 0 Å². The molecule has 1 N–H and O–H groups in total. The Labute approximate surface area is 197 Å². The fraction of sp³-hybridized carbons (Fsp3) is 0.391. The van der Waals surface area contributed by atoms with Crippen molar-refractivity contribution in [3.63, 3.8) is 0 Å². The van der Waals surface area contributed by atoms with E-state index >= 15 is 0 Å². The maximum atomic E-state index is 13.1. The largest absolute Gasteiger partial charge is 0.350 e. The molecule has 4 nitrogen and oxygen atoms in total. The van der Waals surface area contributed by atoms with Gasteiger partial charge in [0.1, 0.15) is 11.9 Å². The molecular formula is C23H27Cl2FN2O2S. The minimum absolute atomic E-state index is 0.176. The molecule has 31 heavy (non-hydrogen) atoms. The van der Waals surface area contributed by atoms with Crippen LogP contribution in [0.4, 0.5) is 4.39 Å². The summed E-state index contributed by atoms with van der Waals surface area (Å²) in [5.41, 5.74) is 1.21. The van der Waals surface area contributed by atoms with Crippen molar-refractivity contribution in [1.82, 2.24) is 10.2 Å². The summed E-state index contributed by atoms with van der Waals surface area (Å²) in [6.07, 6.45) is 0. The highest BCUT2D eigenvalue weighted by Gasteiger charge is 2.28. The molecule has 2 rings (SSSR count). The number of halogens is 3. The Morgan fingerprint density at radius 3 is 2.35 bits per heavy atom. The first-order chi connectivity index (χ1) is 14.5. The number of amides is 2. The Morgan fingerprint density at radius 1 is 1.13 bits per heavy atom. The summed E-state index contributed by atoms with van der Waals surface area (Å²) in [6.45, 7) is 7.55. The minimum Gasteiger partial charge on any atom is -0.350 e. The van der Waals surface area contributed by atoms with Crippen molar-refractivity contribution >= 4 is 46.8 Å². The van der Waals surface area contributed by atoms with Crippen LogP contribution in [0.2, 0.25) is 10.0 Å². The Hall–Kier alpha value is -1.76. The first kappa shape index (κ1) is 25.5. The summed E-state index contributed by atoms with van der Waals surface area (Å²) >= 11 is 13.7.